The molecule has 0 aliphatic rings. The van der Waals surface area contributed by atoms with Gasteiger partial charge in [-0.15, -0.1) is 5.10 Å². The molecule has 1 aromatic carbocycles. The summed E-state index contributed by atoms with van der Waals surface area (Å²) >= 11 is 1.31. The largest absolute Gasteiger partial charge is 0.493 e. The number of unbranched alkanes of at least 4 members (excludes halogenated alkanes) is 5. The number of rotatable bonds is 11. The summed E-state index contributed by atoms with van der Waals surface area (Å²) in [5.41, 5.74) is 1.44. The van der Waals surface area contributed by atoms with Crippen molar-refractivity contribution in [2.45, 2.75) is 45.4 Å². The van der Waals surface area contributed by atoms with Crippen LogP contribution < -0.4 is 19.6 Å². The smallest absolute Gasteiger partial charge is 0.291 e. The van der Waals surface area contributed by atoms with Crippen molar-refractivity contribution in [3.05, 3.63) is 63.2 Å². The highest BCUT2D eigenvalue weighted by molar-refractivity contribution is 7.15. The molecule has 4 rings (SSSR count). The van der Waals surface area contributed by atoms with Crippen LogP contribution >= 0.6 is 11.3 Å². The molecular formula is C25H28N4O3S. The van der Waals surface area contributed by atoms with E-state index in [1.807, 2.05) is 36.4 Å². The van der Waals surface area contributed by atoms with Crippen LogP contribution in [0, 0.1) is 0 Å². The lowest BCUT2D eigenvalue weighted by atomic mass is 10.1. The summed E-state index contributed by atoms with van der Waals surface area (Å²) < 4.78 is 13.3. The second kappa shape index (κ2) is 11.0. The highest BCUT2D eigenvalue weighted by Gasteiger charge is 2.12. The van der Waals surface area contributed by atoms with Gasteiger partial charge in [-0.25, -0.2) is 0 Å². The molecule has 0 unspecified atom stereocenters. The van der Waals surface area contributed by atoms with Crippen LogP contribution in [0.1, 0.15) is 51.0 Å². The fourth-order valence-corrected chi connectivity index (χ4v) is 4.47. The average Bonchev–Trinajstić information content (AvgIpc) is 3.39. The van der Waals surface area contributed by atoms with Gasteiger partial charge in [0.25, 0.3) is 5.56 Å². The number of ether oxygens (including phenoxy) is 2. The minimum atomic E-state index is -0.194. The standard InChI is InChI=1S/C25H28N4O3S/c1-3-4-5-6-7-8-14-32-20-12-11-18(15-21(20)31-2)16-22-24(30)29-25(33-22)27-23(28-29)19-10-9-13-26-17-19/h9-13,15-17H,3-8,14H2,1-2H3. The van der Waals surface area contributed by atoms with E-state index >= 15 is 0 Å². The van der Waals surface area contributed by atoms with Gasteiger partial charge in [0.05, 0.1) is 18.2 Å². The summed E-state index contributed by atoms with van der Waals surface area (Å²) in [6.07, 6.45) is 12.5. The Morgan fingerprint density at radius 3 is 2.70 bits per heavy atom. The lowest BCUT2D eigenvalue weighted by Gasteiger charge is -2.11. The predicted octanol–water partition coefficient (Wildman–Crippen LogP) is 4.51. The Hall–Kier alpha value is -3.26. The van der Waals surface area contributed by atoms with Gasteiger partial charge in [-0.2, -0.15) is 9.50 Å². The van der Waals surface area contributed by atoms with Crippen molar-refractivity contribution in [3.8, 4) is 22.9 Å². The highest BCUT2D eigenvalue weighted by atomic mass is 32.1. The van der Waals surface area contributed by atoms with Crippen molar-refractivity contribution in [1.29, 1.82) is 0 Å². The third kappa shape index (κ3) is 5.57. The van der Waals surface area contributed by atoms with Crippen LogP contribution in [-0.2, 0) is 0 Å². The molecule has 0 atom stereocenters. The molecule has 0 N–H and O–H groups in total. The van der Waals surface area contributed by atoms with Gasteiger partial charge in [-0.05, 0) is 42.3 Å². The summed E-state index contributed by atoms with van der Waals surface area (Å²) in [7, 11) is 1.62. The van der Waals surface area contributed by atoms with Crippen LogP contribution in [0.4, 0.5) is 0 Å². The van der Waals surface area contributed by atoms with Gasteiger partial charge in [0.15, 0.2) is 17.3 Å². The van der Waals surface area contributed by atoms with Gasteiger partial charge in [-0.3, -0.25) is 9.78 Å². The van der Waals surface area contributed by atoms with Gasteiger partial charge in [0.1, 0.15) is 0 Å². The lowest BCUT2D eigenvalue weighted by molar-refractivity contribution is 0.284. The van der Waals surface area contributed by atoms with Crippen LogP contribution in [0.3, 0.4) is 0 Å². The lowest BCUT2D eigenvalue weighted by Crippen LogP contribution is -2.23. The van der Waals surface area contributed by atoms with Crippen molar-refractivity contribution in [2.75, 3.05) is 13.7 Å². The Labute approximate surface area is 196 Å². The Morgan fingerprint density at radius 1 is 1.09 bits per heavy atom. The van der Waals surface area contributed by atoms with E-state index in [1.54, 1.807) is 19.5 Å². The minimum Gasteiger partial charge on any atom is -0.493 e. The molecule has 0 amide bonds. The molecule has 0 saturated carbocycles. The molecule has 0 saturated heterocycles. The van der Waals surface area contributed by atoms with Crippen LogP contribution in [-0.4, -0.2) is 33.3 Å². The molecule has 0 radical (unpaired) electrons. The number of nitrogens with zero attached hydrogens (tertiary/aromatic N) is 4. The number of pyridine rings is 1. The molecule has 7 nitrogen and oxygen atoms in total. The Morgan fingerprint density at radius 2 is 1.94 bits per heavy atom. The Kier molecular flexibility index (Phi) is 7.67. The zero-order valence-corrected chi connectivity index (χ0v) is 19.8. The summed E-state index contributed by atoms with van der Waals surface area (Å²) in [5.74, 6) is 1.86. The van der Waals surface area contributed by atoms with Gasteiger partial charge in [0, 0.05) is 18.0 Å². The van der Waals surface area contributed by atoms with Crippen molar-refractivity contribution >= 4 is 22.4 Å². The summed E-state index contributed by atoms with van der Waals surface area (Å²) in [6, 6.07) is 9.38. The quantitative estimate of drug-likeness (QED) is 0.304. The SMILES string of the molecule is CCCCCCCCOc1ccc(C=c2sc3nc(-c4cccnc4)nn3c2=O)cc1OC. The average molecular weight is 465 g/mol. The third-order valence-corrected chi connectivity index (χ3v) is 6.30. The van der Waals surface area contributed by atoms with Gasteiger partial charge >= 0.3 is 0 Å². The first kappa shape index (κ1) is 22.9. The van der Waals surface area contributed by atoms with Crippen LogP contribution in [0.5, 0.6) is 11.5 Å². The second-order valence-electron chi connectivity index (χ2n) is 7.81. The molecule has 0 spiro atoms. The molecule has 172 valence electrons. The zero-order valence-electron chi connectivity index (χ0n) is 19.0. The van der Waals surface area contributed by atoms with E-state index in [1.165, 1.54) is 48.0 Å². The van der Waals surface area contributed by atoms with E-state index in [9.17, 15) is 4.79 Å². The number of fused-ring (bicyclic) bond motifs is 1. The molecule has 3 aromatic heterocycles. The maximum Gasteiger partial charge on any atom is 0.291 e. The molecule has 33 heavy (non-hydrogen) atoms. The summed E-state index contributed by atoms with van der Waals surface area (Å²) in [4.78, 5) is 22.0. The number of methoxy groups -OCH3 is 1. The topological polar surface area (TPSA) is 78.6 Å². The molecule has 0 aliphatic heterocycles. The van der Waals surface area contributed by atoms with Crippen LogP contribution in [0.25, 0.3) is 22.4 Å². The molecule has 0 bridgehead atoms. The second-order valence-corrected chi connectivity index (χ2v) is 8.82. The molecule has 0 aliphatic carbocycles. The molecule has 0 fully saturated rings. The Balaban J connectivity index is 1.47. The number of benzene rings is 1. The van der Waals surface area contributed by atoms with Crippen LogP contribution in [0.2, 0.25) is 0 Å². The van der Waals surface area contributed by atoms with Crippen molar-refractivity contribution in [1.82, 2.24) is 19.6 Å². The monoisotopic (exact) mass is 464 g/mol. The van der Waals surface area contributed by atoms with Crippen molar-refractivity contribution in [2.24, 2.45) is 0 Å². The van der Waals surface area contributed by atoms with Crippen molar-refractivity contribution < 1.29 is 9.47 Å². The third-order valence-electron chi connectivity index (χ3n) is 5.34. The predicted molar refractivity (Wildman–Crippen MR) is 131 cm³/mol. The maximum absolute atomic E-state index is 12.8. The Bertz CT molecular complexity index is 1300. The molecule has 4 aromatic rings. The number of aromatic nitrogens is 4. The minimum absolute atomic E-state index is 0.194. The molecule has 3 heterocycles. The first-order valence-electron chi connectivity index (χ1n) is 11.3. The van der Waals surface area contributed by atoms with E-state index in [0.717, 1.165) is 17.5 Å². The first-order chi connectivity index (χ1) is 16.2. The fourth-order valence-electron chi connectivity index (χ4n) is 3.56. The molecule has 8 heteroatoms. The van der Waals surface area contributed by atoms with E-state index in [4.69, 9.17) is 9.47 Å². The van der Waals surface area contributed by atoms with E-state index in [-0.39, 0.29) is 5.56 Å². The maximum atomic E-state index is 12.8. The van der Waals surface area contributed by atoms with E-state index < -0.39 is 0 Å². The van der Waals surface area contributed by atoms with E-state index in [0.29, 0.717) is 33.4 Å². The number of thiazole rings is 1. The fraction of sp³-hybridized carbons (Fsp3) is 0.360. The number of hydrogen-bond acceptors (Lipinski definition) is 7. The zero-order chi connectivity index (χ0) is 23.0. The van der Waals surface area contributed by atoms with Gasteiger partial charge < -0.3 is 9.47 Å². The van der Waals surface area contributed by atoms with Gasteiger partial charge in [0.2, 0.25) is 4.96 Å². The first-order valence-corrected chi connectivity index (χ1v) is 12.1. The van der Waals surface area contributed by atoms with Crippen LogP contribution in [0.15, 0.2) is 47.5 Å². The van der Waals surface area contributed by atoms with Crippen molar-refractivity contribution in [3.63, 3.8) is 0 Å². The number of hydrogen-bond donors (Lipinski definition) is 0. The highest BCUT2D eigenvalue weighted by Crippen LogP contribution is 2.28. The van der Waals surface area contributed by atoms with Gasteiger partial charge in [-0.1, -0.05) is 56.4 Å². The normalized spacial score (nSPS) is 11.9. The summed E-state index contributed by atoms with van der Waals surface area (Å²) in [6.45, 7) is 2.89. The van der Waals surface area contributed by atoms with E-state index in [2.05, 4.69) is 22.0 Å². The molecular weight excluding hydrogens is 436 g/mol. The summed E-state index contributed by atoms with van der Waals surface area (Å²) in [5, 5.41) is 4.36.